The van der Waals surface area contributed by atoms with E-state index in [1.165, 1.54) is 24.3 Å². The lowest BCUT2D eigenvalue weighted by Crippen LogP contribution is -2.04. The molecule has 0 saturated carbocycles. The summed E-state index contributed by atoms with van der Waals surface area (Å²) in [5, 5.41) is 8.43. The Hall–Kier alpha value is -2.17. The number of aliphatic carboxylic acids is 1. The van der Waals surface area contributed by atoms with Crippen molar-refractivity contribution in [3.63, 3.8) is 0 Å². The monoisotopic (exact) mass is 238 g/mol. The number of esters is 1. The van der Waals surface area contributed by atoms with Crippen molar-refractivity contribution < 1.29 is 23.8 Å². The first-order chi connectivity index (χ1) is 8.04. The molecule has 0 radical (unpaired) electrons. The molecule has 0 unspecified atom stereocenters. The molecule has 0 atom stereocenters. The topological polar surface area (TPSA) is 63.6 Å². The predicted octanol–water partition coefficient (Wildman–Crippen LogP) is 2.10. The summed E-state index contributed by atoms with van der Waals surface area (Å²) in [5.74, 6) is -2.40. The molecule has 0 aromatic heterocycles. The number of carboxylic acids is 1. The molecular formula is C12H11FO4. The Balaban J connectivity index is 2.92. The average Bonchev–Trinajstić information content (AvgIpc) is 2.30. The number of methoxy groups -OCH3 is 1. The van der Waals surface area contributed by atoms with E-state index >= 15 is 0 Å². The van der Waals surface area contributed by atoms with Crippen molar-refractivity contribution in [2.24, 2.45) is 0 Å². The lowest BCUT2D eigenvalue weighted by atomic mass is 10.1. The highest BCUT2D eigenvalue weighted by Crippen LogP contribution is 2.13. The van der Waals surface area contributed by atoms with Crippen LogP contribution in [0.1, 0.15) is 22.3 Å². The minimum absolute atomic E-state index is 0.134. The molecule has 0 amide bonds. The molecule has 1 rings (SSSR count). The number of carboxylic acid groups (broad SMARTS) is 1. The van der Waals surface area contributed by atoms with Gasteiger partial charge in [-0.1, -0.05) is 18.2 Å². The van der Waals surface area contributed by atoms with Crippen molar-refractivity contribution in [1.82, 2.24) is 0 Å². The van der Waals surface area contributed by atoms with Crippen LogP contribution < -0.4 is 0 Å². The molecule has 0 spiro atoms. The van der Waals surface area contributed by atoms with Gasteiger partial charge in [0.1, 0.15) is 5.82 Å². The Morgan fingerprint density at radius 3 is 2.76 bits per heavy atom. The smallest absolute Gasteiger partial charge is 0.340 e. The Morgan fingerprint density at radius 2 is 2.18 bits per heavy atom. The third kappa shape index (κ3) is 3.71. The van der Waals surface area contributed by atoms with Crippen LogP contribution in [0.4, 0.5) is 4.39 Å². The zero-order valence-corrected chi connectivity index (χ0v) is 9.14. The van der Waals surface area contributed by atoms with Crippen LogP contribution in [-0.2, 0) is 9.53 Å². The second-order valence-corrected chi connectivity index (χ2v) is 3.23. The highest BCUT2D eigenvalue weighted by Gasteiger charge is 2.11. The minimum Gasteiger partial charge on any atom is -0.481 e. The molecule has 90 valence electrons. The molecule has 5 heteroatoms. The van der Waals surface area contributed by atoms with Crippen molar-refractivity contribution in [2.75, 3.05) is 7.11 Å². The molecule has 4 nitrogen and oxygen atoms in total. The van der Waals surface area contributed by atoms with Crippen LogP contribution in [0.2, 0.25) is 0 Å². The van der Waals surface area contributed by atoms with Gasteiger partial charge in [0, 0.05) is 0 Å². The van der Waals surface area contributed by atoms with Gasteiger partial charge in [-0.3, -0.25) is 4.79 Å². The maximum atomic E-state index is 13.2. The fourth-order valence-electron chi connectivity index (χ4n) is 1.21. The largest absolute Gasteiger partial charge is 0.481 e. The molecule has 0 bridgehead atoms. The fourth-order valence-corrected chi connectivity index (χ4v) is 1.21. The van der Waals surface area contributed by atoms with Crippen LogP contribution in [0, 0.1) is 5.82 Å². The van der Waals surface area contributed by atoms with Gasteiger partial charge < -0.3 is 9.84 Å². The van der Waals surface area contributed by atoms with Crippen LogP contribution in [0.5, 0.6) is 0 Å². The molecule has 17 heavy (non-hydrogen) atoms. The van der Waals surface area contributed by atoms with Crippen molar-refractivity contribution in [3.05, 3.63) is 41.2 Å². The van der Waals surface area contributed by atoms with Crippen molar-refractivity contribution in [1.29, 1.82) is 0 Å². The summed E-state index contributed by atoms with van der Waals surface area (Å²) in [6.45, 7) is 0. The van der Waals surface area contributed by atoms with Crippen LogP contribution >= 0.6 is 0 Å². The minimum atomic E-state index is -0.962. The van der Waals surface area contributed by atoms with Gasteiger partial charge in [-0.05, 0) is 17.7 Å². The van der Waals surface area contributed by atoms with Gasteiger partial charge in [-0.25, -0.2) is 9.18 Å². The van der Waals surface area contributed by atoms with Crippen LogP contribution in [0.3, 0.4) is 0 Å². The zero-order valence-electron chi connectivity index (χ0n) is 9.14. The van der Waals surface area contributed by atoms with E-state index < -0.39 is 17.8 Å². The Morgan fingerprint density at radius 1 is 1.47 bits per heavy atom. The van der Waals surface area contributed by atoms with Gasteiger partial charge in [0.25, 0.3) is 0 Å². The van der Waals surface area contributed by atoms with Gasteiger partial charge in [0.15, 0.2) is 0 Å². The third-order valence-corrected chi connectivity index (χ3v) is 2.00. The maximum Gasteiger partial charge on any atom is 0.340 e. The molecule has 0 aliphatic heterocycles. The number of ether oxygens (including phenoxy) is 1. The first kappa shape index (κ1) is 12.9. The van der Waals surface area contributed by atoms with E-state index in [4.69, 9.17) is 5.11 Å². The summed E-state index contributed by atoms with van der Waals surface area (Å²) in [6.07, 6.45) is 2.78. The summed E-state index contributed by atoms with van der Waals surface area (Å²) in [7, 11) is 1.16. The lowest BCUT2D eigenvalue weighted by molar-refractivity contribution is -0.135. The van der Waals surface area contributed by atoms with Crippen molar-refractivity contribution in [3.8, 4) is 0 Å². The van der Waals surface area contributed by atoms with Gasteiger partial charge in [0.2, 0.25) is 0 Å². The second-order valence-electron chi connectivity index (χ2n) is 3.23. The van der Waals surface area contributed by atoms with E-state index in [0.29, 0.717) is 5.56 Å². The molecule has 0 aliphatic rings. The summed E-state index contributed by atoms with van der Waals surface area (Å²) >= 11 is 0. The summed E-state index contributed by atoms with van der Waals surface area (Å²) in [4.78, 5) is 21.5. The molecule has 0 fully saturated rings. The number of benzene rings is 1. The molecule has 0 aliphatic carbocycles. The highest BCUT2D eigenvalue weighted by molar-refractivity contribution is 5.90. The number of halogens is 1. The van der Waals surface area contributed by atoms with Crippen molar-refractivity contribution in [2.45, 2.75) is 6.42 Å². The quantitative estimate of drug-likeness (QED) is 0.816. The Kier molecular flexibility index (Phi) is 4.39. The zero-order chi connectivity index (χ0) is 12.8. The second kappa shape index (κ2) is 5.79. The standard InChI is InChI=1S/C12H11FO4/c1-17-12(16)9-7-8(5-6-10(9)13)3-2-4-11(14)15/h2-3,5-7H,4H2,1H3,(H,14,15). The van der Waals surface area contributed by atoms with E-state index in [1.807, 2.05) is 0 Å². The molecule has 0 saturated heterocycles. The molecular weight excluding hydrogens is 227 g/mol. The fraction of sp³-hybridized carbons (Fsp3) is 0.167. The number of hydrogen-bond acceptors (Lipinski definition) is 3. The lowest BCUT2D eigenvalue weighted by Gasteiger charge is -2.02. The highest BCUT2D eigenvalue weighted by atomic mass is 19.1. The predicted molar refractivity (Wildman–Crippen MR) is 59.0 cm³/mol. The van der Waals surface area contributed by atoms with E-state index in [0.717, 1.165) is 13.2 Å². The van der Waals surface area contributed by atoms with Crippen LogP contribution in [0.25, 0.3) is 6.08 Å². The van der Waals surface area contributed by atoms with Gasteiger partial charge >= 0.3 is 11.9 Å². The van der Waals surface area contributed by atoms with Gasteiger partial charge in [-0.2, -0.15) is 0 Å². The summed E-state index contributed by atoms with van der Waals surface area (Å²) in [5.41, 5.74) is 0.359. The van der Waals surface area contributed by atoms with Gasteiger partial charge in [-0.15, -0.1) is 0 Å². The number of carbonyl (C=O) groups excluding carboxylic acids is 1. The van der Waals surface area contributed by atoms with E-state index in [9.17, 15) is 14.0 Å². The maximum absolute atomic E-state index is 13.2. The first-order valence-corrected chi connectivity index (χ1v) is 4.81. The Bertz CT molecular complexity index is 466. The first-order valence-electron chi connectivity index (χ1n) is 4.81. The van der Waals surface area contributed by atoms with Crippen molar-refractivity contribution >= 4 is 18.0 Å². The third-order valence-electron chi connectivity index (χ3n) is 2.00. The van der Waals surface area contributed by atoms with E-state index in [-0.39, 0.29) is 12.0 Å². The molecule has 1 aromatic carbocycles. The van der Waals surface area contributed by atoms with Crippen LogP contribution in [0.15, 0.2) is 24.3 Å². The van der Waals surface area contributed by atoms with E-state index in [1.54, 1.807) is 0 Å². The van der Waals surface area contributed by atoms with Gasteiger partial charge in [0.05, 0.1) is 19.1 Å². The molecule has 1 N–H and O–H groups in total. The van der Waals surface area contributed by atoms with E-state index in [2.05, 4.69) is 4.74 Å². The average molecular weight is 238 g/mol. The summed E-state index contributed by atoms with van der Waals surface area (Å²) < 4.78 is 17.7. The Labute approximate surface area is 97.3 Å². The number of hydrogen-bond donors (Lipinski definition) is 1. The molecule has 1 aromatic rings. The normalized spacial score (nSPS) is 10.5. The SMILES string of the molecule is COC(=O)c1cc(C=CCC(=O)O)ccc1F. The van der Waals surface area contributed by atoms with Crippen LogP contribution in [-0.4, -0.2) is 24.2 Å². The summed E-state index contributed by atoms with van der Waals surface area (Å²) in [6, 6.07) is 3.88. The number of rotatable bonds is 4. The number of carbonyl (C=O) groups is 2. The molecule has 0 heterocycles.